The second-order valence-electron chi connectivity index (χ2n) is 2.47. The second kappa shape index (κ2) is 5.32. The Balaban J connectivity index is 0.000000461. The summed E-state index contributed by atoms with van der Waals surface area (Å²) in [6.07, 6.45) is 0. The number of rotatable bonds is 0. The molecule has 0 saturated carbocycles. The summed E-state index contributed by atoms with van der Waals surface area (Å²) in [6, 6.07) is 9.64. The fraction of sp³-hybridized carbons (Fsp3) is 0.182. The van der Waals surface area contributed by atoms with Crippen LogP contribution in [0.25, 0.3) is 10.9 Å². The van der Waals surface area contributed by atoms with Crippen LogP contribution in [-0.2, 0) is 0 Å². The molecule has 0 aliphatic rings. The molecule has 0 spiro atoms. The average Bonchev–Trinajstić information content (AvgIpc) is 2.21. The number of hydrogen-bond acceptors (Lipinski definition) is 1. The van der Waals surface area contributed by atoms with Crippen molar-refractivity contribution in [3.63, 3.8) is 0 Å². The molecule has 3 heteroatoms. The third-order valence-electron chi connectivity index (χ3n) is 1.62. The van der Waals surface area contributed by atoms with E-state index in [1.807, 2.05) is 38.1 Å². The minimum absolute atomic E-state index is 0.532. The van der Waals surface area contributed by atoms with Crippen molar-refractivity contribution in [3.05, 3.63) is 40.0 Å². The van der Waals surface area contributed by atoms with Crippen molar-refractivity contribution in [2.45, 2.75) is 13.8 Å². The normalized spacial score (nSPS) is 9.43. The Bertz CT molecular complexity index is 387. The minimum Gasteiger partial charge on any atom is -0.236 e. The number of hydrogen-bond donors (Lipinski definition) is 0. The molecule has 2 aromatic rings. The van der Waals surface area contributed by atoms with Crippen LogP contribution >= 0.6 is 27.5 Å². The molecule has 14 heavy (non-hydrogen) atoms. The van der Waals surface area contributed by atoms with Crippen LogP contribution in [0, 0.1) is 0 Å². The highest BCUT2D eigenvalue weighted by Crippen LogP contribution is 2.19. The van der Waals surface area contributed by atoms with Crippen LogP contribution in [0.3, 0.4) is 0 Å². The van der Waals surface area contributed by atoms with Gasteiger partial charge in [0.05, 0.1) is 5.52 Å². The Morgan fingerprint density at radius 2 is 1.86 bits per heavy atom. The van der Waals surface area contributed by atoms with E-state index in [9.17, 15) is 0 Å². The third kappa shape index (κ3) is 2.69. The zero-order valence-corrected chi connectivity index (χ0v) is 10.4. The first-order valence-electron chi connectivity index (χ1n) is 4.47. The average molecular weight is 273 g/mol. The quantitative estimate of drug-likeness (QED) is 0.635. The highest BCUT2D eigenvalue weighted by molar-refractivity contribution is 9.10. The SMILES string of the molecule is CC.Clc1ccc2cc(Br)ccc2n1. The van der Waals surface area contributed by atoms with Crippen LogP contribution in [0.2, 0.25) is 5.15 Å². The first-order valence-corrected chi connectivity index (χ1v) is 5.64. The molecule has 0 N–H and O–H groups in total. The van der Waals surface area contributed by atoms with Gasteiger partial charge in [-0.05, 0) is 30.3 Å². The molecule has 1 aromatic heterocycles. The molecular formula is C11H11BrClN. The van der Waals surface area contributed by atoms with E-state index in [-0.39, 0.29) is 0 Å². The molecule has 0 bridgehead atoms. The predicted molar refractivity (Wildman–Crippen MR) is 65.8 cm³/mol. The van der Waals surface area contributed by atoms with Gasteiger partial charge in [0, 0.05) is 9.86 Å². The summed E-state index contributed by atoms with van der Waals surface area (Å²) in [5.41, 5.74) is 0.922. The fourth-order valence-corrected chi connectivity index (χ4v) is 1.60. The summed E-state index contributed by atoms with van der Waals surface area (Å²) in [4.78, 5) is 4.16. The van der Waals surface area contributed by atoms with Crippen LogP contribution in [0.4, 0.5) is 0 Å². The highest BCUT2D eigenvalue weighted by atomic mass is 79.9. The molecule has 74 valence electrons. The van der Waals surface area contributed by atoms with Gasteiger partial charge in [0.2, 0.25) is 0 Å². The number of pyridine rings is 1. The predicted octanol–water partition coefficient (Wildman–Crippen LogP) is 4.68. The number of aromatic nitrogens is 1. The van der Waals surface area contributed by atoms with Gasteiger partial charge in [-0.1, -0.05) is 41.4 Å². The van der Waals surface area contributed by atoms with Gasteiger partial charge in [0.15, 0.2) is 0 Å². The Kier molecular flexibility index (Phi) is 4.36. The zero-order valence-electron chi connectivity index (χ0n) is 8.09. The first kappa shape index (κ1) is 11.5. The van der Waals surface area contributed by atoms with E-state index in [1.165, 1.54) is 0 Å². The van der Waals surface area contributed by atoms with Crippen molar-refractivity contribution in [2.24, 2.45) is 0 Å². The second-order valence-corrected chi connectivity index (χ2v) is 3.77. The maximum Gasteiger partial charge on any atom is 0.129 e. The van der Waals surface area contributed by atoms with E-state index in [0.29, 0.717) is 5.15 Å². The number of nitrogens with zero attached hydrogens (tertiary/aromatic N) is 1. The van der Waals surface area contributed by atoms with Crippen LogP contribution in [0.15, 0.2) is 34.8 Å². The molecule has 1 nitrogen and oxygen atoms in total. The maximum absolute atomic E-state index is 5.74. The summed E-state index contributed by atoms with van der Waals surface area (Å²) in [5.74, 6) is 0. The topological polar surface area (TPSA) is 12.9 Å². The maximum atomic E-state index is 5.74. The summed E-state index contributed by atoms with van der Waals surface area (Å²) in [5, 5.41) is 1.62. The van der Waals surface area contributed by atoms with Crippen LogP contribution in [-0.4, -0.2) is 4.98 Å². The van der Waals surface area contributed by atoms with Crippen molar-refractivity contribution in [1.82, 2.24) is 4.98 Å². The molecule has 0 aliphatic carbocycles. The van der Waals surface area contributed by atoms with Crippen molar-refractivity contribution in [3.8, 4) is 0 Å². The smallest absolute Gasteiger partial charge is 0.129 e. The molecular weight excluding hydrogens is 261 g/mol. The standard InChI is InChI=1S/C9H5BrClN.C2H6/c10-7-2-3-8-6(5-7)1-4-9(11)12-8;1-2/h1-5H;1-2H3. The van der Waals surface area contributed by atoms with E-state index in [1.54, 1.807) is 6.07 Å². The van der Waals surface area contributed by atoms with Gasteiger partial charge in [-0.2, -0.15) is 0 Å². The van der Waals surface area contributed by atoms with Gasteiger partial charge in [-0.25, -0.2) is 4.98 Å². The number of halogens is 2. The van der Waals surface area contributed by atoms with Crippen molar-refractivity contribution in [1.29, 1.82) is 0 Å². The largest absolute Gasteiger partial charge is 0.236 e. The molecule has 0 fully saturated rings. The highest BCUT2D eigenvalue weighted by Gasteiger charge is 1.95. The van der Waals surface area contributed by atoms with Crippen LogP contribution < -0.4 is 0 Å². The van der Waals surface area contributed by atoms with E-state index in [0.717, 1.165) is 15.4 Å². The van der Waals surface area contributed by atoms with Gasteiger partial charge in [-0.15, -0.1) is 0 Å². The van der Waals surface area contributed by atoms with Gasteiger partial charge in [-0.3, -0.25) is 0 Å². The van der Waals surface area contributed by atoms with Crippen molar-refractivity contribution in [2.75, 3.05) is 0 Å². The van der Waals surface area contributed by atoms with Crippen molar-refractivity contribution >= 4 is 38.4 Å². The third-order valence-corrected chi connectivity index (χ3v) is 2.32. The Labute approximate surface area is 97.2 Å². The molecule has 2 rings (SSSR count). The molecule has 1 heterocycles. The molecule has 0 atom stereocenters. The van der Waals surface area contributed by atoms with E-state index in [2.05, 4.69) is 20.9 Å². The number of fused-ring (bicyclic) bond motifs is 1. The first-order chi connectivity index (χ1) is 6.75. The lowest BCUT2D eigenvalue weighted by Gasteiger charge is -1.97. The van der Waals surface area contributed by atoms with Gasteiger partial charge >= 0.3 is 0 Å². The van der Waals surface area contributed by atoms with Crippen LogP contribution in [0.1, 0.15) is 13.8 Å². The molecule has 1 aromatic carbocycles. The molecule has 0 radical (unpaired) electrons. The summed E-state index contributed by atoms with van der Waals surface area (Å²) >= 11 is 9.13. The Hall–Kier alpha value is -0.600. The Morgan fingerprint density at radius 1 is 1.14 bits per heavy atom. The molecule has 0 unspecified atom stereocenters. The van der Waals surface area contributed by atoms with Gasteiger partial charge < -0.3 is 0 Å². The van der Waals surface area contributed by atoms with E-state index >= 15 is 0 Å². The summed E-state index contributed by atoms with van der Waals surface area (Å²) in [6.45, 7) is 4.00. The zero-order chi connectivity index (χ0) is 10.6. The summed E-state index contributed by atoms with van der Waals surface area (Å²) < 4.78 is 1.05. The number of benzene rings is 1. The van der Waals surface area contributed by atoms with Gasteiger partial charge in [0.25, 0.3) is 0 Å². The Morgan fingerprint density at radius 3 is 2.57 bits per heavy atom. The van der Waals surface area contributed by atoms with Crippen molar-refractivity contribution < 1.29 is 0 Å². The van der Waals surface area contributed by atoms with E-state index < -0.39 is 0 Å². The fourth-order valence-electron chi connectivity index (χ4n) is 1.07. The lowest BCUT2D eigenvalue weighted by molar-refractivity contribution is 1.41. The molecule has 0 aliphatic heterocycles. The minimum atomic E-state index is 0.532. The molecule has 0 saturated heterocycles. The molecule has 0 amide bonds. The lowest BCUT2D eigenvalue weighted by atomic mass is 10.2. The lowest BCUT2D eigenvalue weighted by Crippen LogP contribution is -1.78. The van der Waals surface area contributed by atoms with Crippen LogP contribution in [0.5, 0.6) is 0 Å². The monoisotopic (exact) mass is 271 g/mol. The van der Waals surface area contributed by atoms with E-state index in [4.69, 9.17) is 11.6 Å². The summed E-state index contributed by atoms with van der Waals surface area (Å²) in [7, 11) is 0. The van der Waals surface area contributed by atoms with Gasteiger partial charge in [0.1, 0.15) is 5.15 Å².